The van der Waals surface area contributed by atoms with E-state index in [1.807, 2.05) is 0 Å². The molecule has 0 fully saturated rings. The standard InChI is InChI=1S/C10H16ClN3/c1-7(2)9(12)6-14-10-8(11)4-3-5-13-10/h3-5,7,9H,6,12H2,1-2H3,(H,13,14). The van der Waals surface area contributed by atoms with Crippen LogP contribution in [0.1, 0.15) is 13.8 Å². The van der Waals surface area contributed by atoms with Gasteiger partial charge in [0, 0.05) is 18.8 Å². The molecule has 1 rings (SSSR count). The summed E-state index contributed by atoms with van der Waals surface area (Å²) in [6.45, 7) is 4.87. The van der Waals surface area contributed by atoms with Crippen LogP contribution in [0.3, 0.4) is 0 Å². The molecule has 0 aliphatic carbocycles. The number of nitrogens with two attached hydrogens (primary N) is 1. The van der Waals surface area contributed by atoms with E-state index in [-0.39, 0.29) is 6.04 Å². The third-order valence-corrected chi connectivity index (χ3v) is 2.42. The Hall–Kier alpha value is -0.800. The topological polar surface area (TPSA) is 50.9 Å². The molecule has 0 bridgehead atoms. The molecule has 1 unspecified atom stereocenters. The normalized spacial score (nSPS) is 12.9. The predicted octanol–water partition coefficient (Wildman–Crippen LogP) is 2.13. The van der Waals surface area contributed by atoms with Crippen LogP contribution in [-0.2, 0) is 0 Å². The van der Waals surface area contributed by atoms with Crippen LogP contribution in [-0.4, -0.2) is 17.6 Å². The van der Waals surface area contributed by atoms with Gasteiger partial charge in [0.05, 0.1) is 5.02 Å². The Morgan fingerprint density at radius 3 is 2.86 bits per heavy atom. The lowest BCUT2D eigenvalue weighted by Gasteiger charge is -2.16. The van der Waals surface area contributed by atoms with Gasteiger partial charge < -0.3 is 11.1 Å². The van der Waals surface area contributed by atoms with Crippen molar-refractivity contribution in [2.75, 3.05) is 11.9 Å². The van der Waals surface area contributed by atoms with Crippen molar-refractivity contribution in [3.8, 4) is 0 Å². The van der Waals surface area contributed by atoms with Gasteiger partial charge in [-0.3, -0.25) is 0 Å². The Kier molecular flexibility index (Phi) is 4.17. The highest BCUT2D eigenvalue weighted by molar-refractivity contribution is 6.32. The van der Waals surface area contributed by atoms with E-state index in [0.717, 1.165) is 0 Å². The average Bonchev–Trinajstić information content (AvgIpc) is 2.16. The summed E-state index contributed by atoms with van der Waals surface area (Å²) in [5, 5.41) is 3.75. The maximum atomic E-state index is 5.92. The van der Waals surface area contributed by atoms with Crippen molar-refractivity contribution in [2.45, 2.75) is 19.9 Å². The van der Waals surface area contributed by atoms with E-state index in [4.69, 9.17) is 17.3 Å². The lowest BCUT2D eigenvalue weighted by Crippen LogP contribution is -2.34. The van der Waals surface area contributed by atoms with Crippen molar-refractivity contribution >= 4 is 17.4 Å². The largest absolute Gasteiger partial charge is 0.367 e. The van der Waals surface area contributed by atoms with Gasteiger partial charge in [-0.15, -0.1) is 0 Å². The molecule has 1 aromatic heterocycles. The number of rotatable bonds is 4. The first-order valence-electron chi connectivity index (χ1n) is 4.71. The number of aromatic nitrogens is 1. The van der Waals surface area contributed by atoms with Crippen molar-refractivity contribution < 1.29 is 0 Å². The first-order valence-corrected chi connectivity index (χ1v) is 5.09. The van der Waals surface area contributed by atoms with Crippen molar-refractivity contribution in [1.82, 2.24) is 4.98 Å². The monoisotopic (exact) mass is 213 g/mol. The molecule has 0 spiro atoms. The highest BCUT2D eigenvalue weighted by atomic mass is 35.5. The predicted molar refractivity (Wildman–Crippen MR) is 60.6 cm³/mol. The molecular formula is C10H16ClN3. The summed E-state index contributed by atoms with van der Waals surface area (Å²) in [6.07, 6.45) is 1.70. The van der Waals surface area contributed by atoms with E-state index in [0.29, 0.717) is 23.3 Å². The number of halogens is 1. The van der Waals surface area contributed by atoms with Crippen LogP contribution in [0.15, 0.2) is 18.3 Å². The SMILES string of the molecule is CC(C)C(N)CNc1ncccc1Cl. The summed E-state index contributed by atoms with van der Waals surface area (Å²) < 4.78 is 0. The Bertz CT molecular complexity index is 288. The molecule has 0 saturated carbocycles. The molecule has 0 aliphatic rings. The third kappa shape index (κ3) is 3.16. The van der Waals surface area contributed by atoms with E-state index in [2.05, 4.69) is 24.1 Å². The van der Waals surface area contributed by atoms with E-state index < -0.39 is 0 Å². The number of pyridine rings is 1. The van der Waals surface area contributed by atoms with Crippen LogP contribution in [0.25, 0.3) is 0 Å². The first-order chi connectivity index (χ1) is 6.61. The molecule has 0 saturated heterocycles. The fraction of sp³-hybridized carbons (Fsp3) is 0.500. The summed E-state index contributed by atoms with van der Waals surface area (Å²) in [5.74, 6) is 1.15. The van der Waals surface area contributed by atoms with Crippen LogP contribution >= 0.6 is 11.6 Å². The van der Waals surface area contributed by atoms with Crippen molar-refractivity contribution in [2.24, 2.45) is 11.7 Å². The molecule has 0 aliphatic heterocycles. The second kappa shape index (κ2) is 5.17. The van der Waals surface area contributed by atoms with Crippen LogP contribution in [0, 0.1) is 5.92 Å². The zero-order chi connectivity index (χ0) is 10.6. The molecule has 3 N–H and O–H groups in total. The second-order valence-corrected chi connectivity index (χ2v) is 4.03. The fourth-order valence-corrected chi connectivity index (χ4v) is 1.15. The quantitative estimate of drug-likeness (QED) is 0.806. The van der Waals surface area contributed by atoms with Gasteiger partial charge in [-0.25, -0.2) is 4.98 Å². The van der Waals surface area contributed by atoms with E-state index in [9.17, 15) is 0 Å². The third-order valence-electron chi connectivity index (χ3n) is 2.12. The molecule has 0 aromatic carbocycles. The molecule has 3 nitrogen and oxygen atoms in total. The van der Waals surface area contributed by atoms with Gasteiger partial charge >= 0.3 is 0 Å². The minimum Gasteiger partial charge on any atom is -0.367 e. The molecular weight excluding hydrogens is 198 g/mol. The van der Waals surface area contributed by atoms with Crippen LogP contribution in [0.2, 0.25) is 5.02 Å². The summed E-state index contributed by atoms with van der Waals surface area (Å²) in [4.78, 5) is 4.11. The molecule has 78 valence electrons. The maximum Gasteiger partial charge on any atom is 0.144 e. The van der Waals surface area contributed by atoms with Crippen molar-refractivity contribution in [3.63, 3.8) is 0 Å². The van der Waals surface area contributed by atoms with Crippen LogP contribution in [0.4, 0.5) is 5.82 Å². The van der Waals surface area contributed by atoms with Gasteiger partial charge in [0.15, 0.2) is 0 Å². The average molecular weight is 214 g/mol. The van der Waals surface area contributed by atoms with E-state index in [1.165, 1.54) is 0 Å². The van der Waals surface area contributed by atoms with Crippen molar-refractivity contribution in [1.29, 1.82) is 0 Å². The zero-order valence-electron chi connectivity index (χ0n) is 8.50. The molecule has 1 heterocycles. The zero-order valence-corrected chi connectivity index (χ0v) is 9.25. The molecule has 14 heavy (non-hydrogen) atoms. The van der Waals surface area contributed by atoms with Gasteiger partial charge in [0.1, 0.15) is 5.82 Å². The molecule has 1 aromatic rings. The molecule has 4 heteroatoms. The van der Waals surface area contributed by atoms with Crippen molar-refractivity contribution in [3.05, 3.63) is 23.4 Å². The molecule has 1 atom stereocenters. The van der Waals surface area contributed by atoms with Gasteiger partial charge in [-0.05, 0) is 18.1 Å². The molecule has 0 radical (unpaired) electrons. The van der Waals surface area contributed by atoms with Gasteiger partial charge in [0.2, 0.25) is 0 Å². The summed E-state index contributed by atoms with van der Waals surface area (Å²) in [7, 11) is 0. The fourth-order valence-electron chi connectivity index (χ4n) is 0.966. The Balaban J connectivity index is 2.50. The molecule has 0 amide bonds. The second-order valence-electron chi connectivity index (χ2n) is 3.62. The number of nitrogens with zero attached hydrogens (tertiary/aromatic N) is 1. The van der Waals surface area contributed by atoms with E-state index >= 15 is 0 Å². The lowest BCUT2D eigenvalue weighted by molar-refractivity contribution is 0.511. The summed E-state index contributed by atoms with van der Waals surface area (Å²) in [5.41, 5.74) is 5.88. The number of nitrogens with one attached hydrogen (secondary N) is 1. The number of anilines is 1. The highest BCUT2D eigenvalue weighted by Gasteiger charge is 2.08. The Morgan fingerprint density at radius 2 is 2.29 bits per heavy atom. The first kappa shape index (κ1) is 11.3. The maximum absolute atomic E-state index is 5.92. The summed E-state index contributed by atoms with van der Waals surface area (Å²) in [6, 6.07) is 3.72. The lowest BCUT2D eigenvalue weighted by atomic mass is 10.1. The summed E-state index contributed by atoms with van der Waals surface area (Å²) >= 11 is 5.92. The van der Waals surface area contributed by atoms with Crippen LogP contribution < -0.4 is 11.1 Å². The van der Waals surface area contributed by atoms with Gasteiger partial charge in [-0.1, -0.05) is 25.4 Å². The number of hydrogen-bond acceptors (Lipinski definition) is 3. The van der Waals surface area contributed by atoms with Crippen LogP contribution in [0.5, 0.6) is 0 Å². The van der Waals surface area contributed by atoms with E-state index in [1.54, 1.807) is 18.3 Å². The Morgan fingerprint density at radius 1 is 1.57 bits per heavy atom. The van der Waals surface area contributed by atoms with Gasteiger partial charge in [-0.2, -0.15) is 0 Å². The minimum atomic E-state index is 0.119. The smallest absolute Gasteiger partial charge is 0.144 e. The minimum absolute atomic E-state index is 0.119. The number of hydrogen-bond donors (Lipinski definition) is 2. The Labute approximate surface area is 89.7 Å². The highest BCUT2D eigenvalue weighted by Crippen LogP contribution is 2.17. The van der Waals surface area contributed by atoms with Gasteiger partial charge in [0.25, 0.3) is 0 Å².